The van der Waals surface area contributed by atoms with Crippen LogP contribution >= 0.6 is 0 Å². The van der Waals surface area contributed by atoms with Crippen molar-refractivity contribution in [3.8, 4) is 0 Å². The molecule has 0 rings (SSSR count). The van der Waals surface area contributed by atoms with Crippen LogP contribution in [-0.4, -0.2) is 38.3 Å². The molecule has 4 nitrogen and oxygen atoms in total. The lowest BCUT2D eigenvalue weighted by atomic mass is 10.2. The molecule has 0 atom stereocenters. The summed E-state index contributed by atoms with van der Waals surface area (Å²) in [5.74, 6) is 0.0600. The lowest BCUT2D eigenvalue weighted by Gasteiger charge is -2.14. The molecular formula is C13H26N2O2. The summed E-state index contributed by atoms with van der Waals surface area (Å²) in [6.07, 6.45) is 4.66. The molecular weight excluding hydrogens is 216 g/mol. The Hall–Kier alpha value is -0.870. The maximum atomic E-state index is 11.5. The van der Waals surface area contributed by atoms with Crippen LogP contribution in [0.1, 0.15) is 33.1 Å². The van der Waals surface area contributed by atoms with Crippen LogP contribution in [-0.2, 0) is 9.53 Å². The lowest BCUT2D eigenvalue weighted by molar-refractivity contribution is -0.121. The van der Waals surface area contributed by atoms with Crippen molar-refractivity contribution < 1.29 is 9.53 Å². The first kappa shape index (κ1) is 16.1. The number of hydrogen-bond donors (Lipinski definition) is 2. The molecule has 0 aliphatic heterocycles. The van der Waals surface area contributed by atoms with Crippen molar-refractivity contribution in [3.05, 3.63) is 12.7 Å². The average Bonchev–Trinajstić information content (AvgIpc) is 2.34. The van der Waals surface area contributed by atoms with E-state index in [1.807, 2.05) is 6.08 Å². The summed E-state index contributed by atoms with van der Waals surface area (Å²) in [5, 5.41) is 6.02. The van der Waals surface area contributed by atoms with E-state index in [9.17, 15) is 4.79 Å². The van der Waals surface area contributed by atoms with E-state index < -0.39 is 0 Å². The molecule has 0 aromatic carbocycles. The van der Waals surface area contributed by atoms with Gasteiger partial charge in [0.25, 0.3) is 0 Å². The number of carbonyl (C=O) groups excluding carboxylic acids is 1. The maximum Gasteiger partial charge on any atom is 0.234 e. The van der Waals surface area contributed by atoms with E-state index in [1.54, 1.807) is 0 Å². The van der Waals surface area contributed by atoms with Crippen molar-refractivity contribution >= 4 is 5.91 Å². The first-order valence-corrected chi connectivity index (χ1v) is 6.43. The van der Waals surface area contributed by atoms with Gasteiger partial charge in [0.05, 0.1) is 19.8 Å². The van der Waals surface area contributed by atoms with Crippen LogP contribution in [0.4, 0.5) is 0 Å². The molecule has 0 aliphatic rings. The molecule has 0 heterocycles. The van der Waals surface area contributed by atoms with Gasteiger partial charge in [0.15, 0.2) is 0 Å². The summed E-state index contributed by atoms with van der Waals surface area (Å²) in [7, 11) is 0. The van der Waals surface area contributed by atoms with Gasteiger partial charge in [-0.3, -0.25) is 4.79 Å². The quantitative estimate of drug-likeness (QED) is 0.426. The second-order valence-corrected chi connectivity index (χ2v) is 3.95. The van der Waals surface area contributed by atoms with Gasteiger partial charge in [-0.25, -0.2) is 0 Å². The van der Waals surface area contributed by atoms with Crippen molar-refractivity contribution in [1.29, 1.82) is 0 Å². The van der Waals surface area contributed by atoms with Gasteiger partial charge in [-0.05, 0) is 19.3 Å². The number of amides is 1. The Kier molecular flexibility index (Phi) is 11.0. The van der Waals surface area contributed by atoms with Crippen LogP contribution in [0.25, 0.3) is 0 Å². The highest BCUT2D eigenvalue weighted by Gasteiger charge is 2.06. The average molecular weight is 242 g/mol. The lowest BCUT2D eigenvalue weighted by Crippen LogP contribution is -2.40. The predicted octanol–water partition coefficient (Wildman–Crippen LogP) is 1.47. The fourth-order valence-electron chi connectivity index (χ4n) is 1.39. The standard InChI is InChI=1S/C13H26N2O2/c1-4-7-9-17-10-8-14-11-13(16)15-12(5-2)6-3/h4,12,14H,1,5-11H2,2-3H3,(H,15,16). The molecule has 2 N–H and O–H groups in total. The van der Waals surface area contributed by atoms with Crippen LogP contribution in [0.2, 0.25) is 0 Å². The monoisotopic (exact) mass is 242 g/mol. The van der Waals surface area contributed by atoms with E-state index in [4.69, 9.17) is 4.74 Å². The highest BCUT2D eigenvalue weighted by molar-refractivity contribution is 5.78. The minimum Gasteiger partial charge on any atom is -0.380 e. The van der Waals surface area contributed by atoms with Gasteiger partial charge in [-0.1, -0.05) is 19.9 Å². The van der Waals surface area contributed by atoms with E-state index in [1.165, 1.54) is 0 Å². The van der Waals surface area contributed by atoms with Gasteiger partial charge in [-0.2, -0.15) is 0 Å². The predicted molar refractivity (Wildman–Crippen MR) is 71.0 cm³/mol. The zero-order chi connectivity index (χ0) is 12.9. The minimum atomic E-state index is 0.0600. The highest BCUT2D eigenvalue weighted by atomic mass is 16.5. The van der Waals surface area contributed by atoms with Gasteiger partial charge in [0.1, 0.15) is 0 Å². The van der Waals surface area contributed by atoms with Gasteiger partial charge < -0.3 is 15.4 Å². The number of rotatable bonds is 11. The zero-order valence-electron chi connectivity index (χ0n) is 11.1. The summed E-state index contributed by atoms with van der Waals surface area (Å²) in [4.78, 5) is 11.5. The second-order valence-electron chi connectivity index (χ2n) is 3.95. The first-order chi connectivity index (χ1) is 8.24. The van der Waals surface area contributed by atoms with E-state index in [0.717, 1.165) is 19.3 Å². The van der Waals surface area contributed by atoms with Crippen molar-refractivity contribution in [2.45, 2.75) is 39.2 Å². The molecule has 0 aromatic rings. The van der Waals surface area contributed by atoms with Crippen molar-refractivity contribution in [1.82, 2.24) is 10.6 Å². The fraction of sp³-hybridized carbons (Fsp3) is 0.769. The third-order valence-corrected chi connectivity index (χ3v) is 2.53. The van der Waals surface area contributed by atoms with Gasteiger partial charge >= 0.3 is 0 Å². The maximum absolute atomic E-state index is 11.5. The van der Waals surface area contributed by atoms with Crippen molar-refractivity contribution in [2.24, 2.45) is 0 Å². The Labute approximate surface area is 105 Å². The van der Waals surface area contributed by atoms with Crippen LogP contribution in [0.15, 0.2) is 12.7 Å². The summed E-state index contributed by atoms with van der Waals surface area (Å²) in [6.45, 7) is 10.2. The van der Waals surface area contributed by atoms with Gasteiger partial charge in [-0.15, -0.1) is 6.58 Å². The van der Waals surface area contributed by atoms with Crippen LogP contribution in [0.3, 0.4) is 0 Å². The molecule has 0 aliphatic carbocycles. The Morgan fingerprint density at radius 3 is 2.65 bits per heavy atom. The molecule has 4 heteroatoms. The fourth-order valence-corrected chi connectivity index (χ4v) is 1.39. The Balaban J connectivity index is 3.35. The Bertz CT molecular complexity index is 204. The third-order valence-electron chi connectivity index (χ3n) is 2.53. The van der Waals surface area contributed by atoms with E-state index in [2.05, 4.69) is 31.1 Å². The van der Waals surface area contributed by atoms with Crippen molar-refractivity contribution in [3.63, 3.8) is 0 Å². The summed E-state index contributed by atoms with van der Waals surface area (Å²) in [6, 6.07) is 0.299. The molecule has 0 saturated carbocycles. The molecule has 0 radical (unpaired) electrons. The molecule has 1 amide bonds. The number of hydrogen-bond acceptors (Lipinski definition) is 3. The van der Waals surface area contributed by atoms with Gasteiger partial charge in [0.2, 0.25) is 5.91 Å². The summed E-state index contributed by atoms with van der Waals surface area (Å²) >= 11 is 0. The largest absolute Gasteiger partial charge is 0.380 e. The Morgan fingerprint density at radius 1 is 1.35 bits per heavy atom. The van der Waals surface area contributed by atoms with Crippen LogP contribution in [0, 0.1) is 0 Å². The van der Waals surface area contributed by atoms with E-state index >= 15 is 0 Å². The minimum absolute atomic E-state index is 0.0600. The molecule has 0 aromatic heterocycles. The Morgan fingerprint density at radius 2 is 2.06 bits per heavy atom. The number of carbonyl (C=O) groups is 1. The van der Waals surface area contributed by atoms with E-state index in [0.29, 0.717) is 32.3 Å². The summed E-state index contributed by atoms with van der Waals surface area (Å²) < 4.78 is 5.31. The normalized spacial score (nSPS) is 10.5. The molecule has 0 spiro atoms. The molecule has 100 valence electrons. The van der Waals surface area contributed by atoms with Crippen molar-refractivity contribution in [2.75, 3.05) is 26.3 Å². The molecule has 0 unspecified atom stereocenters. The second kappa shape index (κ2) is 11.6. The third kappa shape index (κ3) is 10.0. The first-order valence-electron chi connectivity index (χ1n) is 6.43. The van der Waals surface area contributed by atoms with Crippen LogP contribution in [0.5, 0.6) is 0 Å². The van der Waals surface area contributed by atoms with Crippen LogP contribution < -0.4 is 10.6 Å². The SMILES string of the molecule is C=CCCOCCNCC(=O)NC(CC)CC. The molecule has 0 bridgehead atoms. The molecule has 0 saturated heterocycles. The highest BCUT2D eigenvalue weighted by Crippen LogP contribution is 1.94. The topological polar surface area (TPSA) is 50.4 Å². The number of nitrogens with one attached hydrogen (secondary N) is 2. The molecule has 17 heavy (non-hydrogen) atoms. The zero-order valence-corrected chi connectivity index (χ0v) is 11.1. The summed E-state index contributed by atoms with van der Waals surface area (Å²) in [5.41, 5.74) is 0. The van der Waals surface area contributed by atoms with Gasteiger partial charge in [0, 0.05) is 12.6 Å². The van der Waals surface area contributed by atoms with E-state index in [-0.39, 0.29) is 5.91 Å². The smallest absolute Gasteiger partial charge is 0.234 e. The number of ether oxygens (including phenoxy) is 1. The molecule has 0 fully saturated rings.